The van der Waals surface area contributed by atoms with Crippen molar-refractivity contribution in [1.82, 2.24) is 0 Å². The van der Waals surface area contributed by atoms with Gasteiger partial charge in [0.15, 0.2) is 0 Å². The van der Waals surface area contributed by atoms with E-state index in [0.717, 1.165) is 18.3 Å². The molecule has 0 N–H and O–H groups in total. The molecule has 0 radical (unpaired) electrons. The predicted molar refractivity (Wildman–Crippen MR) is 156 cm³/mol. The van der Waals surface area contributed by atoms with Crippen molar-refractivity contribution in [2.75, 3.05) is 0 Å². The zero-order chi connectivity index (χ0) is 22.9. The molecule has 0 atom stereocenters. The van der Waals surface area contributed by atoms with Gasteiger partial charge in [0.1, 0.15) is 0 Å². The van der Waals surface area contributed by atoms with Crippen LogP contribution in [-0.2, 0) is 24.2 Å². The molecule has 3 aromatic carbocycles. The number of allylic oxidation sites excluding steroid dienone is 4. The normalized spacial score (nSPS) is 17.9. The third-order valence-electron chi connectivity index (χ3n) is 7.48. The van der Waals surface area contributed by atoms with Crippen LogP contribution >= 0.6 is 24.8 Å². The van der Waals surface area contributed by atoms with Crippen LogP contribution in [0, 0.1) is 17.9 Å². The van der Waals surface area contributed by atoms with Crippen LogP contribution in [0.5, 0.6) is 0 Å². The summed E-state index contributed by atoms with van der Waals surface area (Å²) in [5, 5.41) is 5.39. The Hall–Kier alpha value is -0.877. The first-order valence-electron chi connectivity index (χ1n) is 13.1. The quantitative estimate of drug-likeness (QED) is 0.262. The first kappa shape index (κ1) is 30.3. The number of halogens is 2. The van der Waals surface area contributed by atoms with Gasteiger partial charge in [-0.25, -0.2) is 11.6 Å². The van der Waals surface area contributed by atoms with Gasteiger partial charge in [0, 0.05) is 0 Å². The molecule has 3 aliphatic carbocycles. The van der Waals surface area contributed by atoms with Crippen molar-refractivity contribution in [1.29, 1.82) is 0 Å². The average molecular weight is 587 g/mol. The van der Waals surface area contributed by atoms with Gasteiger partial charge in [0.25, 0.3) is 0 Å². The van der Waals surface area contributed by atoms with Crippen LogP contribution < -0.4 is 0 Å². The van der Waals surface area contributed by atoms with Crippen LogP contribution in [0.1, 0.15) is 77.6 Å². The van der Waals surface area contributed by atoms with Crippen molar-refractivity contribution in [3.63, 3.8) is 0 Å². The predicted octanol–water partition coefficient (Wildman–Crippen LogP) is 10.1. The monoisotopic (exact) mass is 584 g/mol. The largest absolute Gasteiger partial charge is 0.126 e. The van der Waals surface area contributed by atoms with E-state index in [1.54, 1.807) is 24.2 Å². The summed E-state index contributed by atoms with van der Waals surface area (Å²) in [5.41, 5.74) is 1.27. The van der Waals surface area contributed by atoms with E-state index < -0.39 is 0 Å². The third kappa shape index (κ3) is 8.88. The Morgan fingerprint density at radius 1 is 0.743 bits per heavy atom. The van der Waals surface area contributed by atoms with E-state index in [1.165, 1.54) is 91.3 Å². The maximum Gasteiger partial charge on any atom is -0.0771 e. The first-order valence-corrected chi connectivity index (χ1v) is 14.3. The summed E-state index contributed by atoms with van der Waals surface area (Å²) < 4.78 is 1.97. The Morgan fingerprint density at radius 2 is 1.20 bits per heavy atom. The van der Waals surface area contributed by atoms with E-state index in [9.17, 15) is 0 Å². The van der Waals surface area contributed by atoms with E-state index in [0.29, 0.717) is 0 Å². The summed E-state index contributed by atoms with van der Waals surface area (Å²) in [6, 6.07) is 19.3. The van der Waals surface area contributed by atoms with E-state index in [4.69, 9.17) is 0 Å². The molecule has 3 aromatic rings. The summed E-state index contributed by atoms with van der Waals surface area (Å²) in [6.45, 7) is 2.06. The average Bonchev–Trinajstić information content (AvgIpc) is 3.52. The van der Waals surface area contributed by atoms with Crippen LogP contribution in [-0.4, -0.2) is 3.21 Å². The Labute approximate surface area is 240 Å². The zero-order valence-corrected chi connectivity index (χ0v) is 25.2. The van der Waals surface area contributed by atoms with Gasteiger partial charge in [-0.3, -0.25) is 6.08 Å². The van der Waals surface area contributed by atoms with Gasteiger partial charge in [0.05, 0.1) is 0 Å². The number of benzene rings is 2. The molecule has 0 bridgehead atoms. The molecular weight excluding hydrogens is 546 g/mol. The Morgan fingerprint density at radius 3 is 1.57 bits per heavy atom. The molecule has 0 saturated heterocycles. The molecule has 2 saturated carbocycles. The standard InChI is InChI=1S/C13H9.C13H22.C6H7.2ClH.Zr/c1-3-7-12-10(5-1)9-11-6-2-4-8-13(11)12;1-3-7-12(8-4-1)11-13-9-5-2-6-10-13;1-6-4-2-3-5-6;;;/h1-9H;12-13H,1-10H2;2,4H,3H2,1H3;2*1H;/q-1;;-1;;;+2. The van der Waals surface area contributed by atoms with Crippen molar-refractivity contribution >= 4 is 49.6 Å². The number of hydrogen-bond acceptors (Lipinski definition) is 0. The smallest absolute Gasteiger partial charge is 0.0771 e. The van der Waals surface area contributed by atoms with E-state index in [-0.39, 0.29) is 24.8 Å². The summed E-state index contributed by atoms with van der Waals surface area (Å²) in [4.78, 5) is 0. The maximum atomic E-state index is 3.12. The van der Waals surface area contributed by atoms with Gasteiger partial charge in [-0.2, -0.15) is 6.08 Å². The van der Waals surface area contributed by atoms with Crippen molar-refractivity contribution in [2.45, 2.75) is 77.6 Å². The zero-order valence-electron chi connectivity index (χ0n) is 21.1. The molecule has 0 nitrogen and oxygen atoms in total. The van der Waals surface area contributed by atoms with Gasteiger partial charge in [-0.05, 0) is 0 Å². The summed E-state index contributed by atoms with van der Waals surface area (Å²) in [5.74, 6) is 2.09. The molecule has 3 heteroatoms. The minimum Gasteiger partial charge on any atom is -0.126 e. The Balaban J connectivity index is 0.000000192. The minimum absolute atomic E-state index is 0. The Kier molecular flexibility index (Phi) is 13.9. The van der Waals surface area contributed by atoms with Crippen LogP contribution in [0.2, 0.25) is 0 Å². The first-order chi connectivity index (χ1) is 16.2. The van der Waals surface area contributed by atoms with Crippen LogP contribution in [0.15, 0.2) is 72.3 Å². The molecule has 0 aromatic heterocycles. The fourth-order valence-electron chi connectivity index (χ4n) is 5.58. The molecule has 6 rings (SSSR count). The van der Waals surface area contributed by atoms with E-state index in [2.05, 4.69) is 79.7 Å². The summed E-state index contributed by atoms with van der Waals surface area (Å²) in [6.07, 6.45) is 23.5. The van der Waals surface area contributed by atoms with Crippen molar-refractivity contribution in [3.8, 4) is 0 Å². The molecule has 186 valence electrons. The summed E-state index contributed by atoms with van der Waals surface area (Å²) in [7, 11) is 0. The van der Waals surface area contributed by atoms with Gasteiger partial charge >= 0.3 is 103 Å². The van der Waals surface area contributed by atoms with Gasteiger partial charge in [0.2, 0.25) is 0 Å². The van der Waals surface area contributed by atoms with Gasteiger partial charge < -0.3 is 0 Å². The third-order valence-corrected chi connectivity index (χ3v) is 9.49. The summed E-state index contributed by atoms with van der Waals surface area (Å²) >= 11 is 1.77. The second-order valence-electron chi connectivity index (χ2n) is 9.91. The molecule has 2 fully saturated rings. The van der Waals surface area contributed by atoms with Crippen molar-refractivity contribution < 1.29 is 24.2 Å². The van der Waals surface area contributed by atoms with Crippen molar-refractivity contribution in [3.05, 3.63) is 78.4 Å². The molecule has 0 unspecified atom stereocenters. The minimum atomic E-state index is 0. The molecule has 0 aliphatic heterocycles. The van der Waals surface area contributed by atoms with Gasteiger partial charge in [-0.15, -0.1) is 71.0 Å². The topological polar surface area (TPSA) is 0 Å². The van der Waals surface area contributed by atoms with Crippen LogP contribution in [0.3, 0.4) is 0 Å². The van der Waals surface area contributed by atoms with Crippen LogP contribution in [0.25, 0.3) is 21.5 Å². The van der Waals surface area contributed by atoms with Crippen molar-refractivity contribution in [2.24, 2.45) is 11.8 Å². The number of fused-ring (bicyclic) bond motifs is 3. The number of rotatable bonds is 2. The second kappa shape index (κ2) is 16.1. The number of hydrogen-bond donors (Lipinski definition) is 0. The molecule has 35 heavy (non-hydrogen) atoms. The molecule has 0 heterocycles. The fourth-order valence-corrected chi connectivity index (χ4v) is 7.00. The maximum absolute atomic E-state index is 3.12. The van der Waals surface area contributed by atoms with E-state index in [1.807, 2.05) is 3.21 Å². The molecule has 0 amide bonds. The Bertz CT molecular complexity index is 1020. The second-order valence-corrected chi connectivity index (χ2v) is 11.3. The van der Waals surface area contributed by atoms with E-state index >= 15 is 0 Å². The molecular formula is C32H40Cl2Zr. The fraction of sp³-hybridized carbons (Fsp3) is 0.438. The van der Waals surface area contributed by atoms with Crippen LogP contribution in [0.4, 0.5) is 0 Å². The van der Waals surface area contributed by atoms with Gasteiger partial charge in [-0.1, -0.05) is 43.3 Å². The molecule has 0 spiro atoms. The molecule has 3 aliphatic rings. The SMILES string of the molecule is CC1=[C-]CC=C1.Cl.Cl.[Zr+2]=[C](C1CCCCC1)C1CCCCC1.c1ccc2c(c1)[cH-]c1ccccc12.